The summed E-state index contributed by atoms with van der Waals surface area (Å²) in [5, 5.41) is 14.0. The molecule has 0 bridgehead atoms. The third-order valence-electron chi connectivity index (χ3n) is 3.61. The monoisotopic (exact) mass is 308 g/mol. The lowest BCUT2D eigenvalue weighted by atomic mass is 9.88. The molecule has 0 aliphatic rings. The second-order valence-corrected chi connectivity index (χ2v) is 5.29. The van der Waals surface area contributed by atoms with Crippen LogP contribution in [0.4, 0.5) is 0 Å². The van der Waals surface area contributed by atoms with Crippen LogP contribution in [-0.2, 0) is 11.2 Å². The van der Waals surface area contributed by atoms with Gasteiger partial charge in [-0.2, -0.15) is 5.21 Å². The molecule has 1 unspecified atom stereocenters. The topological polar surface area (TPSA) is 110 Å². The Morgan fingerprint density at radius 1 is 1.26 bits per heavy atom. The highest BCUT2D eigenvalue weighted by atomic mass is 16.1. The van der Waals surface area contributed by atoms with Crippen molar-refractivity contribution in [3.63, 3.8) is 0 Å². The summed E-state index contributed by atoms with van der Waals surface area (Å²) in [6.07, 6.45) is 4.48. The zero-order valence-electron chi connectivity index (χ0n) is 12.4. The summed E-state index contributed by atoms with van der Waals surface area (Å²) in [6, 6.07) is 11.6. The van der Waals surface area contributed by atoms with Crippen LogP contribution in [0.5, 0.6) is 0 Å². The van der Waals surface area contributed by atoms with Crippen LogP contribution in [0, 0.1) is 0 Å². The first kappa shape index (κ1) is 14.8. The number of carbonyl (C=O) groups excluding carboxylic acids is 1. The molecule has 116 valence electrons. The van der Waals surface area contributed by atoms with E-state index in [9.17, 15) is 4.79 Å². The van der Waals surface area contributed by atoms with E-state index in [2.05, 4.69) is 25.6 Å². The fraction of sp³-hybridized carbons (Fsp3) is 0.188. The highest BCUT2D eigenvalue weighted by Gasteiger charge is 2.17. The van der Waals surface area contributed by atoms with Crippen molar-refractivity contribution in [1.29, 1.82) is 0 Å². The highest BCUT2D eigenvalue weighted by molar-refractivity contribution is 5.75. The van der Waals surface area contributed by atoms with Crippen LogP contribution in [0.25, 0.3) is 11.4 Å². The van der Waals surface area contributed by atoms with Crippen molar-refractivity contribution in [3.05, 3.63) is 59.9 Å². The second-order valence-electron chi connectivity index (χ2n) is 5.29. The molecule has 1 amide bonds. The lowest BCUT2D eigenvalue weighted by Crippen LogP contribution is -2.17. The number of nitrogens with one attached hydrogen (secondary N) is 1. The zero-order chi connectivity index (χ0) is 16.1. The molecule has 7 nitrogen and oxygen atoms in total. The molecular weight excluding hydrogens is 292 g/mol. The second kappa shape index (κ2) is 6.78. The van der Waals surface area contributed by atoms with E-state index in [-0.39, 0.29) is 18.2 Å². The maximum atomic E-state index is 11.5. The van der Waals surface area contributed by atoms with Crippen LogP contribution in [-0.4, -0.2) is 31.5 Å². The predicted octanol–water partition coefficient (Wildman–Crippen LogP) is 1.46. The number of hydrogen-bond acceptors (Lipinski definition) is 5. The first-order valence-corrected chi connectivity index (χ1v) is 7.23. The molecule has 0 fully saturated rings. The van der Waals surface area contributed by atoms with Gasteiger partial charge in [-0.05, 0) is 40.8 Å². The molecule has 0 aliphatic heterocycles. The molecule has 0 saturated heterocycles. The van der Waals surface area contributed by atoms with Crippen LogP contribution in [0.1, 0.15) is 23.5 Å². The van der Waals surface area contributed by atoms with Gasteiger partial charge in [-0.25, -0.2) is 0 Å². The number of benzene rings is 1. The lowest BCUT2D eigenvalue weighted by molar-refractivity contribution is -0.118. The van der Waals surface area contributed by atoms with Crippen molar-refractivity contribution in [2.24, 2.45) is 5.73 Å². The minimum absolute atomic E-state index is 0.0245. The molecular formula is C16H16N6O. The fourth-order valence-electron chi connectivity index (χ4n) is 2.57. The van der Waals surface area contributed by atoms with Gasteiger partial charge in [-0.1, -0.05) is 24.3 Å². The van der Waals surface area contributed by atoms with Gasteiger partial charge in [-0.3, -0.25) is 9.78 Å². The van der Waals surface area contributed by atoms with E-state index >= 15 is 0 Å². The number of pyridine rings is 1. The number of H-pyrrole nitrogens is 1. The summed E-state index contributed by atoms with van der Waals surface area (Å²) < 4.78 is 0. The Balaban J connectivity index is 1.90. The maximum absolute atomic E-state index is 11.5. The van der Waals surface area contributed by atoms with Crippen LogP contribution in [0.15, 0.2) is 48.8 Å². The Morgan fingerprint density at radius 3 is 2.87 bits per heavy atom. The van der Waals surface area contributed by atoms with Gasteiger partial charge < -0.3 is 5.73 Å². The van der Waals surface area contributed by atoms with Crippen LogP contribution in [0.2, 0.25) is 0 Å². The average molecular weight is 308 g/mol. The number of nitrogens with two attached hydrogens (primary N) is 1. The lowest BCUT2D eigenvalue weighted by Gasteiger charge is -2.16. The average Bonchev–Trinajstić information content (AvgIpc) is 3.09. The summed E-state index contributed by atoms with van der Waals surface area (Å²) in [5.41, 5.74) is 8.34. The molecule has 1 atom stereocenters. The van der Waals surface area contributed by atoms with Gasteiger partial charge in [0, 0.05) is 24.4 Å². The molecule has 0 radical (unpaired) electrons. The van der Waals surface area contributed by atoms with E-state index in [4.69, 9.17) is 5.73 Å². The van der Waals surface area contributed by atoms with E-state index in [1.54, 1.807) is 12.4 Å². The quantitative estimate of drug-likeness (QED) is 0.716. The van der Waals surface area contributed by atoms with Gasteiger partial charge in [0.1, 0.15) is 0 Å². The van der Waals surface area contributed by atoms with E-state index in [0.29, 0.717) is 12.2 Å². The van der Waals surface area contributed by atoms with Crippen LogP contribution >= 0.6 is 0 Å². The molecule has 0 aliphatic carbocycles. The zero-order valence-corrected chi connectivity index (χ0v) is 12.4. The van der Waals surface area contributed by atoms with Crippen molar-refractivity contribution >= 4 is 5.91 Å². The summed E-state index contributed by atoms with van der Waals surface area (Å²) in [7, 11) is 0. The normalized spacial score (nSPS) is 12.0. The minimum atomic E-state index is -0.330. The van der Waals surface area contributed by atoms with Gasteiger partial charge in [0.2, 0.25) is 11.7 Å². The molecule has 23 heavy (non-hydrogen) atoms. The van der Waals surface area contributed by atoms with Gasteiger partial charge in [0.25, 0.3) is 0 Å². The molecule has 0 spiro atoms. The molecule has 3 aromatic rings. The maximum Gasteiger partial charge on any atom is 0.218 e. The molecule has 3 N–H and O–H groups in total. The van der Waals surface area contributed by atoms with Crippen molar-refractivity contribution < 1.29 is 4.79 Å². The molecule has 2 aromatic heterocycles. The van der Waals surface area contributed by atoms with Crippen molar-refractivity contribution in [3.8, 4) is 11.4 Å². The van der Waals surface area contributed by atoms with E-state index < -0.39 is 0 Å². The fourth-order valence-corrected chi connectivity index (χ4v) is 2.57. The highest BCUT2D eigenvalue weighted by Crippen LogP contribution is 2.27. The van der Waals surface area contributed by atoms with Gasteiger partial charge >= 0.3 is 0 Å². The van der Waals surface area contributed by atoms with E-state index in [1.165, 1.54) is 0 Å². The van der Waals surface area contributed by atoms with Gasteiger partial charge in [0.15, 0.2) is 0 Å². The van der Waals surface area contributed by atoms with Gasteiger partial charge in [-0.15, -0.1) is 10.2 Å². The Kier molecular flexibility index (Phi) is 4.37. The molecule has 2 heterocycles. The summed E-state index contributed by atoms with van der Waals surface area (Å²) in [6.45, 7) is 0. The third kappa shape index (κ3) is 3.76. The SMILES string of the molecule is NC(=O)CC(Cc1cccnc1)c1cccc(-c2nn[nH]n2)c1. The Bertz CT molecular complexity index is 772. The summed E-state index contributed by atoms with van der Waals surface area (Å²) >= 11 is 0. The summed E-state index contributed by atoms with van der Waals surface area (Å²) in [4.78, 5) is 15.6. The van der Waals surface area contributed by atoms with Crippen molar-refractivity contribution in [1.82, 2.24) is 25.6 Å². The number of hydrogen-bond donors (Lipinski definition) is 2. The first-order valence-electron chi connectivity index (χ1n) is 7.23. The van der Waals surface area contributed by atoms with Crippen molar-refractivity contribution in [2.75, 3.05) is 0 Å². The van der Waals surface area contributed by atoms with E-state index in [1.807, 2.05) is 36.4 Å². The smallest absolute Gasteiger partial charge is 0.218 e. The Morgan fingerprint density at radius 2 is 2.17 bits per heavy atom. The summed E-state index contributed by atoms with van der Waals surface area (Å²) in [5.74, 6) is 0.165. The van der Waals surface area contributed by atoms with Crippen LogP contribution in [0.3, 0.4) is 0 Å². The molecule has 0 saturated carbocycles. The van der Waals surface area contributed by atoms with E-state index in [0.717, 1.165) is 16.7 Å². The Hall–Kier alpha value is -3.09. The number of aromatic nitrogens is 5. The molecule has 7 heteroatoms. The predicted molar refractivity (Wildman–Crippen MR) is 84.1 cm³/mol. The first-order chi connectivity index (χ1) is 11.2. The number of tetrazole rings is 1. The third-order valence-corrected chi connectivity index (χ3v) is 3.61. The number of carbonyl (C=O) groups is 1. The molecule has 3 rings (SSSR count). The number of nitrogens with zero attached hydrogens (tertiary/aromatic N) is 4. The number of rotatable bonds is 6. The van der Waals surface area contributed by atoms with Gasteiger partial charge in [0.05, 0.1) is 0 Å². The largest absolute Gasteiger partial charge is 0.370 e. The minimum Gasteiger partial charge on any atom is -0.370 e. The number of amides is 1. The molecule has 1 aromatic carbocycles. The van der Waals surface area contributed by atoms with Crippen LogP contribution < -0.4 is 5.73 Å². The standard InChI is InChI=1S/C16H16N6O/c17-15(23)9-14(7-11-3-2-6-18-10-11)12-4-1-5-13(8-12)16-19-21-22-20-16/h1-6,8,10,14H,7,9H2,(H2,17,23)(H,19,20,21,22). The Labute approximate surface area is 132 Å². The van der Waals surface area contributed by atoms with Crippen molar-refractivity contribution in [2.45, 2.75) is 18.8 Å². The number of primary amides is 1. The number of aromatic amines is 1.